The summed E-state index contributed by atoms with van der Waals surface area (Å²) in [6.45, 7) is 0.778. The zero-order valence-electron chi connectivity index (χ0n) is 20.0. The van der Waals surface area contributed by atoms with Crippen molar-refractivity contribution < 1.29 is 18.7 Å². The Bertz CT molecular complexity index is 1290. The van der Waals surface area contributed by atoms with Crippen LogP contribution in [0.15, 0.2) is 78.9 Å². The number of nitrogens with zero attached hydrogens (tertiary/aromatic N) is 4. The summed E-state index contributed by atoms with van der Waals surface area (Å²) in [5, 5.41) is 11.1. The number of carbonyl (C=O) groups is 2. The lowest BCUT2D eigenvalue weighted by Gasteiger charge is -2.31. The van der Waals surface area contributed by atoms with Gasteiger partial charge in [-0.15, -0.1) is 5.10 Å². The fourth-order valence-electron chi connectivity index (χ4n) is 4.04. The molecule has 0 saturated heterocycles. The van der Waals surface area contributed by atoms with Crippen LogP contribution in [0.3, 0.4) is 0 Å². The molecule has 1 N–H and O–H groups in total. The van der Waals surface area contributed by atoms with Crippen LogP contribution in [-0.4, -0.2) is 58.5 Å². The van der Waals surface area contributed by atoms with Gasteiger partial charge in [-0.3, -0.25) is 9.59 Å². The number of rotatable bonds is 11. The summed E-state index contributed by atoms with van der Waals surface area (Å²) in [7, 11) is 1.54. The summed E-state index contributed by atoms with van der Waals surface area (Å²) in [4.78, 5) is 28.7. The lowest BCUT2D eigenvalue weighted by atomic mass is 10.0. The molecule has 0 aliphatic rings. The van der Waals surface area contributed by atoms with E-state index in [1.165, 1.54) is 33.8 Å². The van der Waals surface area contributed by atoms with Gasteiger partial charge in [0.2, 0.25) is 11.8 Å². The van der Waals surface area contributed by atoms with Crippen LogP contribution in [0.25, 0.3) is 11.0 Å². The normalized spacial score (nSPS) is 11.8. The van der Waals surface area contributed by atoms with Crippen LogP contribution in [0.4, 0.5) is 4.39 Å². The molecule has 2 amide bonds. The van der Waals surface area contributed by atoms with Crippen molar-refractivity contribution in [3.63, 3.8) is 0 Å². The second-order valence-corrected chi connectivity index (χ2v) is 8.30. The van der Waals surface area contributed by atoms with Gasteiger partial charge in [0, 0.05) is 20.2 Å². The van der Waals surface area contributed by atoms with Crippen molar-refractivity contribution in [2.45, 2.75) is 19.0 Å². The van der Waals surface area contributed by atoms with Crippen LogP contribution in [0, 0.1) is 5.82 Å². The van der Waals surface area contributed by atoms with Crippen molar-refractivity contribution in [3.8, 4) is 0 Å². The molecular formula is C27H28FN5O3. The zero-order valence-corrected chi connectivity index (χ0v) is 20.0. The van der Waals surface area contributed by atoms with Gasteiger partial charge in [0.15, 0.2) is 0 Å². The van der Waals surface area contributed by atoms with Gasteiger partial charge in [-0.05, 0) is 41.8 Å². The minimum atomic E-state index is -0.964. The monoisotopic (exact) mass is 489 g/mol. The van der Waals surface area contributed by atoms with Gasteiger partial charge in [-0.25, -0.2) is 9.07 Å². The number of hydrogen-bond donors (Lipinski definition) is 1. The van der Waals surface area contributed by atoms with Gasteiger partial charge in [0.25, 0.3) is 0 Å². The van der Waals surface area contributed by atoms with Crippen molar-refractivity contribution in [2.24, 2.45) is 0 Å². The lowest BCUT2D eigenvalue weighted by molar-refractivity contribution is -0.141. The van der Waals surface area contributed by atoms with Crippen LogP contribution in [0.5, 0.6) is 0 Å². The van der Waals surface area contributed by atoms with Crippen LogP contribution < -0.4 is 5.32 Å². The summed E-state index contributed by atoms with van der Waals surface area (Å²) in [5.74, 6) is -1.10. The van der Waals surface area contributed by atoms with Gasteiger partial charge >= 0.3 is 0 Å². The van der Waals surface area contributed by atoms with Crippen LogP contribution in [-0.2, 0) is 27.3 Å². The molecule has 36 heavy (non-hydrogen) atoms. The van der Waals surface area contributed by atoms with Crippen molar-refractivity contribution in [2.75, 3.05) is 26.8 Å². The number of carbonyl (C=O) groups excluding carboxylic acids is 2. The molecule has 0 aliphatic carbocycles. The Hall–Kier alpha value is -4.11. The van der Waals surface area contributed by atoms with Gasteiger partial charge in [0.05, 0.1) is 12.1 Å². The van der Waals surface area contributed by atoms with Gasteiger partial charge in [0.1, 0.15) is 23.9 Å². The molecule has 0 fully saturated rings. The molecule has 3 aromatic carbocycles. The number of nitrogens with one attached hydrogen (secondary N) is 1. The molecule has 0 saturated carbocycles. The predicted molar refractivity (Wildman–Crippen MR) is 133 cm³/mol. The molecule has 1 aromatic heterocycles. The van der Waals surface area contributed by atoms with Crippen LogP contribution in [0.1, 0.15) is 17.2 Å². The number of amides is 2. The lowest BCUT2D eigenvalue weighted by Crippen LogP contribution is -2.46. The SMILES string of the molecule is COCCNC(=O)[C@H](c1ccc(F)cc1)N(CCc1ccccc1)C(=O)Cn1nnc2ccccc21. The molecule has 9 heteroatoms. The van der Waals surface area contributed by atoms with E-state index in [1.807, 2.05) is 54.6 Å². The third kappa shape index (κ3) is 6.11. The highest BCUT2D eigenvalue weighted by molar-refractivity contribution is 5.89. The van der Waals surface area contributed by atoms with Gasteiger partial charge in [-0.1, -0.05) is 59.8 Å². The first-order valence-electron chi connectivity index (χ1n) is 11.7. The topological polar surface area (TPSA) is 89.4 Å². The fourth-order valence-corrected chi connectivity index (χ4v) is 4.04. The van der Waals surface area contributed by atoms with Gasteiger partial charge < -0.3 is 15.0 Å². The molecule has 186 valence electrons. The summed E-state index contributed by atoms with van der Waals surface area (Å²) in [6, 6.07) is 21.8. The fraction of sp³-hybridized carbons (Fsp3) is 0.259. The van der Waals surface area contributed by atoms with Crippen molar-refractivity contribution in [3.05, 3.63) is 95.8 Å². The summed E-state index contributed by atoms with van der Waals surface area (Å²) in [5.41, 5.74) is 2.93. The van der Waals surface area contributed by atoms with E-state index in [0.29, 0.717) is 24.1 Å². The first-order chi connectivity index (χ1) is 17.6. The Morgan fingerprint density at radius 1 is 1.03 bits per heavy atom. The number of halogens is 1. The largest absolute Gasteiger partial charge is 0.383 e. The van der Waals surface area contributed by atoms with E-state index in [-0.39, 0.29) is 31.4 Å². The minimum absolute atomic E-state index is 0.0989. The Morgan fingerprint density at radius 3 is 2.50 bits per heavy atom. The Balaban J connectivity index is 1.67. The van der Waals surface area contributed by atoms with E-state index in [9.17, 15) is 14.0 Å². The molecule has 1 heterocycles. The van der Waals surface area contributed by atoms with E-state index >= 15 is 0 Å². The predicted octanol–water partition coefficient (Wildman–Crippen LogP) is 3.15. The number of hydrogen-bond acceptors (Lipinski definition) is 5. The van der Waals surface area contributed by atoms with Crippen LogP contribution in [0.2, 0.25) is 0 Å². The molecular weight excluding hydrogens is 461 g/mol. The second-order valence-electron chi connectivity index (χ2n) is 8.30. The molecule has 4 aromatic rings. The molecule has 4 rings (SSSR count). The molecule has 0 aliphatic heterocycles. The average molecular weight is 490 g/mol. The van der Waals surface area contributed by atoms with Crippen molar-refractivity contribution in [1.82, 2.24) is 25.2 Å². The number of aromatic nitrogens is 3. The summed E-state index contributed by atoms with van der Waals surface area (Å²) in [6.07, 6.45) is 0.535. The zero-order chi connectivity index (χ0) is 25.3. The maximum absolute atomic E-state index is 13.8. The van der Waals surface area contributed by atoms with E-state index in [4.69, 9.17) is 4.74 Å². The first-order valence-corrected chi connectivity index (χ1v) is 11.7. The average Bonchev–Trinajstić information content (AvgIpc) is 3.30. The van der Waals surface area contributed by atoms with E-state index < -0.39 is 11.9 Å². The first kappa shape index (κ1) is 25.0. The number of fused-ring (bicyclic) bond motifs is 1. The highest BCUT2D eigenvalue weighted by Crippen LogP contribution is 2.24. The maximum atomic E-state index is 13.8. The molecule has 1 atom stereocenters. The standard InChI is InChI=1S/C27H28FN5O3/c1-36-18-16-29-27(35)26(21-11-13-22(28)14-12-21)32(17-15-20-7-3-2-4-8-20)25(34)19-33-24-10-6-5-9-23(24)30-31-33/h2-14,26H,15-19H2,1H3,(H,29,35)/t26-/m0/s1. The summed E-state index contributed by atoms with van der Waals surface area (Å²) >= 11 is 0. The summed E-state index contributed by atoms with van der Waals surface area (Å²) < 4.78 is 20.3. The molecule has 0 bridgehead atoms. The molecule has 0 unspecified atom stereocenters. The smallest absolute Gasteiger partial charge is 0.247 e. The Labute approximate surface area is 208 Å². The van der Waals surface area contributed by atoms with E-state index in [2.05, 4.69) is 15.6 Å². The third-order valence-corrected chi connectivity index (χ3v) is 5.86. The number of para-hydroxylation sites is 1. The number of benzene rings is 3. The molecule has 0 spiro atoms. The maximum Gasteiger partial charge on any atom is 0.247 e. The van der Waals surface area contributed by atoms with Crippen molar-refractivity contribution in [1.29, 1.82) is 0 Å². The van der Waals surface area contributed by atoms with Crippen molar-refractivity contribution >= 4 is 22.8 Å². The van der Waals surface area contributed by atoms with Gasteiger partial charge in [-0.2, -0.15) is 0 Å². The second kappa shape index (κ2) is 12.0. The minimum Gasteiger partial charge on any atom is -0.383 e. The highest BCUT2D eigenvalue weighted by atomic mass is 19.1. The quantitative estimate of drug-likeness (QED) is 0.327. The molecule has 0 radical (unpaired) electrons. The van der Waals surface area contributed by atoms with E-state index in [0.717, 1.165) is 11.1 Å². The van der Waals surface area contributed by atoms with E-state index in [1.54, 1.807) is 7.11 Å². The van der Waals surface area contributed by atoms with Crippen LogP contribution >= 0.6 is 0 Å². The third-order valence-electron chi connectivity index (χ3n) is 5.86. The Morgan fingerprint density at radius 2 is 1.75 bits per heavy atom. The number of methoxy groups -OCH3 is 1. The Kier molecular flexibility index (Phi) is 8.36. The highest BCUT2D eigenvalue weighted by Gasteiger charge is 2.31. The number of ether oxygens (including phenoxy) is 1. The molecule has 8 nitrogen and oxygen atoms in total.